The van der Waals surface area contributed by atoms with E-state index in [4.69, 9.17) is 0 Å². The average molecular weight is 465 g/mol. The normalized spacial score (nSPS) is 18.9. The lowest BCUT2D eigenvalue weighted by Gasteiger charge is -2.31. The molecule has 0 aliphatic heterocycles. The molecule has 2 amide bonds. The summed E-state index contributed by atoms with van der Waals surface area (Å²) < 4.78 is 0. The zero-order valence-corrected chi connectivity index (χ0v) is 17.9. The van der Waals surface area contributed by atoms with Gasteiger partial charge in [-0.05, 0) is 25.7 Å². The summed E-state index contributed by atoms with van der Waals surface area (Å²) >= 11 is 0. The van der Waals surface area contributed by atoms with Crippen LogP contribution in [0.3, 0.4) is 0 Å². The summed E-state index contributed by atoms with van der Waals surface area (Å²) in [7, 11) is 5.35. The van der Waals surface area contributed by atoms with Gasteiger partial charge < -0.3 is 20.9 Å². The number of nitrogens with zero attached hydrogens (tertiary/aromatic N) is 2. The van der Waals surface area contributed by atoms with Crippen molar-refractivity contribution in [2.45, 2.75) is 38.5 Å². The lowest BCUT2D eigenvalue weighted by atomic mass is 9.84. The highest BCUT2D eigenvalue weighted by Gasteiger charge is 2.42. The Morgan fingerprint density at radius 3 is 2.20 bits per heavy atom. The van der Waals surface area contributed by atoms with E-state index in [1.807, 2.05) is 14.1 Å². The van der Waals surface area contributed by atoms with Crippen molar-refractivity contribution in [3.63, 3.8) is 0 Å². The quantitative estimate of drug-likeness (QED) is 0.226. The Labute approximate surface area is 167 Å². The number of amides is 2. The number of guanidine groups is 1. The van der Waals surface area contributed by atoms with E-state index in [1.54, 1.807) is 11.9 Å². The van der Waals surface area contributed by atoms with Crippen LogP contribution in [0.4, 0.5) is 0 Å². The van der Waals surface area contributed by atoms with Crippen LogP contribution in [0.2, 0.25) is 0 Å². The molecule has 0 saturated heterocycles. The Bertz CT molecular complexity index is 485. The van der Waals surface area contributed by atoms with Gasteiger partial charge in [-0.1, -0.05) is 12.8 Å². The van der Waals surface area contributed by atoms with Gasteiger partial charge in [0.15, 0.2) is 5.96 Å². The molecule has 2 aliphatic rings. The predicted molar refractivity (Wildman–Crippen MR) is 110 cm³/mol. The van der Waals surface area contributed by atoms with E-state index < -0.39 is 0 Å². The van der Waals surface area contributed by atoms with E-state index in [0.29, 0.717) is 25.6 Å². The number of rotatable bonds is 7. The van der Waals surface area contributed by atoms with E-state index in [1.165, 1.54) is 0 Å². The molecule has 0 aromatic carbocycles. The SMILES string of the molecule is CN=C(NCCNC(=O)C1CC1)NCC1(C(=O)N(C)C)CCCC1.I. The van der Waals surface area contributed by atoms with Crippen LogP contribution in [0.1, 0.15) is 38.5 Å². The summed E-state index contributed by atoms with van der Waals surface area (Å²) in [6, 6.07) is 0. The third kappa shape index (κ3) is 6.31. The summed E-state index contributed by atoms with van der Waals surface area (Å²) in [5.41, 5.74) is -0.318. The minimum absolute atomic E-state index is 0. The molecular formula is C17H32IN5O2. The lowest BCUT2D eigenvalue weighted by Crippen LogP contribution is -2.50. The Morgan fingerprint density at radius 2 is 1.68 bits per heavy atom. The van der Waals surface area contributed by atoms with E-state index in [-0.39, 0.29) is 47.1 Å². The van der Waals surface area contributed by atoms with Gasteiger partial charge in [0.2, 0.25) is 11.8 Å². The van der Waals surface area contributed by atoms with Crippen LogP contribution in [0, 0.1) is 11.3 Å². The number of nitrogens with one attached hydrogen (secondary N) is 3. The first-order valence-electron chi connectivity index (χ1n) is 8.92. The van der Waals surface area contributed by atoms with Crippen LogP contribution in [0.5, 0.6) is 0 Å². The lowest BCUT2D eigenvalue weighted by molar-refractivity contribution is -0.138. The fourth-order valence-electron chi connectivity index (χ4n) is 3.32. The molecular weight excluding hydrogens is 433 g/mol. The third-order valence-corrected chi connectivity index (χ3v) is 4.90. The smallest absolute Gasteiger partial charge is 0.230 e. The van der Waals surface area contributed by atoms with Crippen LogP contribution in [-0.2, 0) is 9.59 Å². The first-order chi connectivity index (χ1) is 11.5. The Balaban J connectivity index is 0.00000312. The summed E-state index contributed by atoms with van der Waals surface area (Å²) in [4.78, 5) is 30.0. The number of carbonyl (C=O) groups is 2. The van der Waals surface area contributed by atoms with Gasteiger partial charge in [-0.2, -0.15) is 0 Å². The second-order valence-corrected chi connectivity index (χ2v) is 7.10. The molecule has 0 aromatic heterocycles. The second-order valence-electron chi connectivity index (χ2n) is 7.10. The van der Waals surface area contributed by atoms with Gasteiger partial charge in [-0.25, -0.2) is 0 Å². The van der Waals surface area contributed by atoms with Gasteiger partial charge >= 0.3 is 0 Å². The second kappa shape index (κ2) is 10.2. The van der Waals surface area contributed by atoms with Crippen molar-refractivity contribution >= 4 is 41.8 Å². The van der Waals surface area contributed by atoms with Crippen LogP contribution >= 0.6 is 24.0 Å². The summed E-state index contributed by atoms with van der Waals surface area (Å²) in [5, 5.41) is 9.40. The van der Waals surface area contributed by atoms with Crippen LogP contribution in [-0.4, -0.2) is 63.5 Å². The number of carbonyl (C=O) groups excluding carboxylic acids is 2. The van der Waals surface area contributed by atoms with Crippen molar-refractivity contribution < 1.29 is 9.59 Å². The Morgan fingerprint density at radius 1 is 1.08 bits per heavy atom. The van der Waals surface area contributed by atoms with Gasteiger partial charge in [0.25, 0.3) is 0 Å². The first-order valence-corrected chi connectivity index (χ1v) is 8.92. The molecule has 2 fully saturated rings. The molecule has 0 aromatic rings. The Hall–Kier alpha value is -1.06. The molecule has 0 spiro atoms. The molecule has 0 radical (unpaired) electrons. The van der Waals surface area contributed by atoms with E-state index in [2.05, 4.69) is 20.9 Å². The molecule has 25 heavy (non-hydrogen) atoms. The van der Waals surface area contributed by atoms with Crippen molar-refractivity contribution in [2.75, 3.05) is 40.8 Å². The monoisotopic (exact) mass is 465 g/mol. The van der Waals surface area contributed by atoms with E-state index in [9.17, 15) is 9.59 Å². The zero-order chi connectivity index (χ0) is 17.6. The molecule has 8 heteroatoms. The maximum absolute atomic E-state index is 12.6. The van der Waals surface area contributed by atoms with Crippen molar-refractivity contribution in [1.29, 1.82) is 0 Å². The van der Waals surface area contributed by atoms with Gasteiger partial charge in [0, 0.05) is 46.7 Å². The maximum atomic E-state index is 12.6. The minimum atomic E-state index is -0.318. The first kappa shape index (κ1) is 22.0. The molecule has 2 rings (SSSR count). The molecule has 0 bridgehead atoms. The summed E-state index contributed by atoms with van der Waals surface area (Å²) in [5.74, 6) is 1.26. The fourth-order valence-corrected chi connectivity index (χ4v) is 3.32. The highest BCUT2D eigenvalue weighted by Crippen LogP contribution is 2.38. The molecule has 7 nitrogen and oxygen atoms in total. The third-order valence-electron chi connectivity index (χ3n) is 4.90. The molecule has 3 N–H and O–H groups in total. The standard InChI is InChI=1S/C17H31N5O2.HI/c1-18-16(20-11-10-19-14(23)13-6-7-13)21-12-17(8-4-5-9-17)15(24)22(2)3;/h13H,4-12H2,1-3H3,(H,19,23)(H2,18,20,21);1H. The zero-order valence-electron chi connectivity index (χ0n) is 15.6. The van der Waals surface area contributed by atoms with Gasteiger partial charge in [-0.15, -0.1) is 24.0 Å². The number of hydrogen-bond donors (Lipinski definition) is 3. The van der Waals surface area contributed by atoms with Gasteiger partial charge in [0.05, 0.1) is 5.41 Å². The summed E-state index contributed by atoms with van der Waals surface area (Å²) in [6.07, 6.45) is 6.08. The molecule has 2 saturated carbocycles. The molecule has 0 unspecified atom stereocenters. The number of aliphatic imine (C=N–C) groups is 1. The maximum Gasteiger partial charge on any atom is 0.230 e. The van der Waals surface area contributed by atoms with Crippen molar-refractivity contribution in [3.05, 3.63) is 0 Å². The largest absolute Gasteiger partial charge is 0.355 e. The molecule has 2 aliphatic carbocycles. The van der Waals surface area contributed by atoms with Crippen LogP contribution in [0.15, 0.2) is 4.99 Å². The van der Waals surface area contributed by atoms with Crippen molar-refractivity contribution in [2.24, 2.45) is 16.3 Å². The average Bonchev–Trinajstić information content (AvgIpc) is 3.32. The Kier molecular flexibility index (Phi) is 8.95. The highest BCUT2D eigenvalue weighted by molar-refractivity contribution is 14.0. The van der Waals surface area contributed by atoms with E-state index >= 15 is 0 Å². The predicted octanol–water partition coefficient (Wildman–Crippen LogP) is 0.944. The van der Waals surface area contributed by atoms with Gasteiger partial charge in [0.1, 0.15) is 0 Å². The topological polar surface area (TPSA) is 85.8 Å². The van der Waals surface area contributed by atoms with Gasteiger partial charge in [-0.3, -0.25) is 14.6 Å². The fraction of sp³-hybridized carbons (Fsp3) is 0.824. The van der Waals surface area contributed by atoms with E-state index in [0.717, 1.165) is 38.5 Å². The van der Waals surface area contributed by atoms with Crippen LogP contribution in [0.25, 0.3) is 0 Å². The molecule has 144 valence electrons. The number of halogens is 1. The molecule has 0 heterocycles. The minimum Gasteiger partial charge on any atom is -0.355 e. The summed E-state index contributed by atoms with van der Waals surface area (Å²) in [6.45, 7) is 1.79. The highest BCUT2D eigenvalue weighted by atomic mass is 127. The number of hydrogen-bond acceptors (Lipinski definition) is 3. The van der Waals surface area contributed by atoms with Crippen molar-refractivity contribution in [3.8, 4) is 0 Å². The van der Waals surface area contributed by atoms with Crippen molar-refractivity contribution in [1.82, 2.24) is 20.9 Å². The molecule has 0 atom stereocenters. The van der Waals surface area contributed by atoms with Crippen LogP contribution < -0.4 is 16.0 Å².